The molecule has 2 nitrogen and oxygen atoms in total. The van der Waals surface area contributed by atoms with Gasteiger partial charge in [-0.25, -0.2) is 0 Å². The van der Waals surface area contributed by atoms with Crippen molar-refractivity contribution in [2.45, 2.75) is 17.7 Å². The minimum Gasteiger partial charge on any atom is -0.495 e. The van der Waals surface area contributed by atoms with Gasteiger partial charge in [-0.2, -0.15) is 0 Å². The van der Waals surface area contributed by atoms with E-state index >= 15 is 0 Å². The number of ether oxygens (including phenoxy) is 1. The number of benzene rings is 1. The van der Waals surface area contributed by atoms with Crippen LogP contribution < -0.4 is 4.74 Å². The van der Waals surface area contributed by atoms with Crippen molar-refractivity contribution in [1.29, 1.82) is 0 Å². The molecule has 1 unspecified atom stereocenters. The van der Waals surface area contributed by atoms with Crippen LogP contribution >= 0.6 is 15.9 Å². The molecular weight excluding hydrogens is 290 g/mol. The van der Waals surface area contributed by atoms with Gasteiger partial charge in [-0.1, -0.05) is 46.3 Å². The van der Waals surface area contributed by atoms with E-state index in [-0.39, 0.29) is 0 Å². The maximum Gasteiger partial charge on any atom is 0.140 e. The minimum absolute atomic E-state index is 0.352. The molecule has 0 spiro atoms. The molecule has 2 rings (SSSR count). The van der Waals surface area contributed by atoms with Gasteiger partial charge in [0.1, 0.15) is 5.75 Å². The van der Waals surface area contributed by atoms with Crippen LogP contribution in [0.3, 0.4) is 0 Å². The Balaban J connectivity index is 1.99. The zero-order valence-corrected chi connectivity index (χ0v) is 11.9. The van der Waals surface area contributed by atoms with Gasteiger partial charge in [0.05, 0.1) is 12.8 Å². The second-order valence-corrected chi connectivity index (χ2v) is 5.17. The van der Waals surface area contributed by atoms with Crippen molar-refractivity contribution in [3.63, 3.8) is 0 Å². The van der Waals surface area contributed by atoms with E-state index in [4.69, 9.17) is 4.74 Å². The SMILES string of the molecule is COc1cccnc1CCC(Br)c1ccccc1. The summed E-state index contributed by atoms with van der Waals surface area (Å²) in [4.78, 5) is 4.72. The summed E-state index contributed by atoms with van der Waals surface area (Å²) in [5.74, 6) is 0.866. The highest BCUT2D eigenvalue weighted by Gasteiger charge is 2.09. The first-order valence-corrected chi connectivity index (χ1v) is 6.89. The zero-order valence-electron chi connectivity index (χ0n) is 10.3. The molecule has 0 aliphatic carbocycles. The van der Waals surface area contributed by atoms with Crippen LogP contribution in [0, 0.1) is 0 Å². The first-order valence-electron chi connectivity index (χ1n) is 5.98. The fourth-order valence-electron chi connectivity index (χ4n) is 1.89. The lowest BCUT2D eigenvalue weighted by Crippen LogP contribution is -1.98. The fourth-order valence-corrected chi connectivity index (χ4v) is 2.42. The molecule has 0 bridgehead atoms. The van der Waals surface area contributed by atoms with E-state index in [0.717, 1.165) is 24.3 Å². The minimum atomic E-state index is 0.352. The third-order valence-electron chi connectivity index (χ3n) is 2.86. The highest BCUT2D eigenvalue weighted by Crippen LogP contribution is 2.28. The Labute approximate surface area is 116 Å². The molecule has 1 aromatic heterocycles. The van der Waals surface area contributed by atoms with Gasteiger partial charge in [-0.3, -0.25) is 4.98 Å². The normalized spacial score (nSPS) is 12.1. The molecule has 2 aromatic rings. The molecule has 0 N–H and O–H groups in total. The number of hydrogen-bond donors (Lipinski definition) is 0. The molecule has 0 fully saturated rings. The second-order valence-electron chi connectivity index (χ2n) is 4.07. The quantitative estimate of drug-likeness (QED) is 0.774. The molecule has 1 heterocycles. The number of nitrogens with zero attached hydrogens (tertiary/aromatic N) is 1. The Bertz CT molecular complexity index is 487. The van der Waals surface area contributed by atoms with E-state index in [2.05, 4.69) is 45.2 Å². The molecule has 94 valence electrons. The van der Waals surface area contributed by atoms with Crippen molar-refractivity contribution in [3.05, 3.63) is 59.9 Å². The van der Waals surface area contributed by atoms with Crippen molar-refractivity contribution in [2.24, 2.45) is 0 Å². The molecule has 0 amide bonds. The number of aromatic nitrogens is 1. The van der Waals surface area contributed by atoms with Gasteiger partial charge in [0, 0.05) is 11.0 Å². The monoisotopic (exact) mass is 305 g/mol. The van der Waals surface area contributed by atoms with E-state index in [0.29, 0.717) is 4.83 Å². The third kappa shape index (κ3) is 3.33. The average molecular weight is 306 g/mol. The van der Waals surface area contributed by atoms with Crippen molar-refractivity contribution in [2.75, 3.05) is 7.11 Å². The number of halogens is 1. The van der Waals surface area contributed by atoms with Gasteiger partial charge in [0.15, 0.2) is 0 Å². The molecule has 0 aliphatic rings. The van der Waals surface area contributed by atoms with Crippen LogP contribution in [0.4, 0.5) is 0 Å². The smallest absolute Gasteiger partial charge is 0.140 e. The summed E-state index contributed by atoms with van der Waals surface area (Å²) in [7, 11) is 1.68. The van der Waals surface area contributed by atoms with E-state index in [1.165, 1.54) is 5.56 Å². The van der Waals surface area contributed by atoms with Crippen LogP contribution in [0.2, 0.25) is 0 Å². The third-order valence-corrected chi connectivity index (χ3v) is 3.85. The summed E-state index contributed by atoms with van der Waals surface area (Å²) < 4.78 is 5.31. The Morgan fingerprint density at radius 2 is 1.94 bits per heavy atom. The first kappa shape index (κ1) is 13.1. The predicted octanol–water partition coefficient (Wildman–Crippen LogP) is 4.16. The second kappa shape index (κ2) is 6.55. The van der Waals surface area contributed by atoms with Crippen LogP contribution in [0.15, 0.2) is 48.7 Å². The highest BCUT2D eigenvalue weighted by molar-refractivity contribution is 9.09. The van der Waals surface area contributed by atoms with Crippen molar-refractivity contribution < 1.29 is 4.74 Å². The largest absolute Gasteiger partial charge is 0.495 e. The van der Waals surface area contributed by atoms with Gasteiger partial charge >= 0.3 is 0 Å². The van der Waals surface area contributed by atoms with E-state index < -0.39 is 0 Å². The first-order chi connectivity index (χ1) is 8.81. The van der Waals surface area contributed by atoms with Crippen molar-refractivity contribution in [1.82, 2.24) is 4.98 Å². The molecule has 1 atom stereocenters. The molecule has 0 saturated carbocycles. The molecule has 18 heavy (non-hydrogen) atoms. The summed E-state index contributed by atoms with van der Waals surface area (Å²) in [5.41, 5.74) is 2.31. The van der Waals surface area contributed by atoms with Crippen LogP contribution in [0.25, 0.3) is 0 Å². The maximum atomic E-state index is 5.31. The van der Waals surface area contributed by atoms with Crippen LogP contribution in [-0.2, 0) is 6.42 Å². The lowest BCUT2D eigenvalue weighted by atomic mass is 10.1. The number of alkyl halides is 1. The highest BCUT2D eigenvalue weighted by atomic mass is 79.9. The number of rotatable bonds is 5. The van der Waals surface area contributed by atoms with Crippen molar-refractivity contribution >= 4 is 15.9 Å². The van der Waals surface area contributed by atoms with Gasteiger partial charge in [-0.05, 0) is 30.5 Å². The van der Waals surface area contributed by atoms with Gasteiger partial charge in [0.25, 0.3) is 0 Å². The summed E-state index contributed by atoms with van der Waals surface area (Å²) in [5, 5.41) is 0. The standard InChI is InChI=1S/C15H16BrNO/c1-18-15-8-5-11-17-14(15)10-9-13(16)12-6-3-2-4-7-12/h2-8,11,13H,9-10H2,1H3. The van der Waals surface area contributed by atoms with E-state index in [9.17, 15) is 0 Å². The molecule has 0 radical (unpaired) electrons. The topological polar surface area (TPSA) is 22.1 Å². The summed E-state index contributed by atoms with van der Waals surface area (Å²) in [6.45, 7) is 0. The van der Waals surface area contributed by atoms with Crippen LogP contribution in [-0.4, -0.2) is 12.1 Å². The Morgan fingerprint density at radius 1 is 1.17 bits per heavy atom. The van der Waals surface area contributed by atoms with E-state index in [1.54, 1.807) is 7.11 Å². The summed E-state index contributed by atoms with van der Waals surface area (Å²) in [6, 6.07) is 14.3. The Hall–Kier alpha value is -1.35. The number of pyridine rings is 1. The molecular formula is C15H16BrNO. The molecule has 0 saturated heterocycles. The lowest BCUT2D eigenvalue weighted by Gasteiger charge is -2.11. The number of methoxy groups -OCH3 is 1. The molecule has 1 aromatic carbocycles. The lowest BCUT2D eigenvalue weighted by molar-refractivity contribution is 0.406. The van der Waals surface area contributed by atoms with Crippen LogP contribution in [0.1, 0.15) is 22.5 Å². The maximum absolute atomic E-state index is 5.31. The van der Waals surface area contributed by atoms with Gasteiger partial charge in [0.2, 0.25) is 0 Å². The molecule has 3 heteroatoms. The molecule has 0 aliphatic heterocycles. The van der Waals surface area contributed by atoms with Gasteiger partial charge < -0.3 is 4.74 Å². The Morgan fingerprint density at radius 3 is 2.67 bits per heavy atom. The van der Waals surface area contributed by atoms with Gasteiger partial charge in [-0.15, -0.1) is 0 Å². The predicted molar refractivity (Wildman–Crippen MR) is 77.2 cm³/mol. The van der Waals surface area contributed by atoms with Crippen LogP contribution in [0.5, 0.6) is 5.75 Å². The average Bonchev–Trinajstić information content (AvgIpc) is 2.46. The fraction of sp³-hybridized carbons (Fsp3) is 0.267. The van der Waals surface area contributed by atoms with E-state index in [1.807, 2.05) is 24.4 Å². The zero-order chi connectivity index (χ0) is 12.8. The summed E-state index contributed by atoms with van der Waals surface area (Å²) in [6.07, 6.45) is 3.70. The van der Waals surface area contributed by atoms with Crippen molar-refractivity contribution in [3.8, 4) is 5.75 Å². The Kier molecular flexibility index (Phi) is 4.76. The number of aryl methyl sites for hydroxylation is 1. The summed E-state index contributed by atoms with van der Waals surface area (Å²) >= 11 is 3.72. The number of hydrogen-bond acceptors (Lipinski definition) is 2.